The van der Waals surface area contributed by atoms with Gasteiger partial charge in [-0.2, -0.15) is 0 Å². The van der Waals surface area contributed by atoms with Crippen LogP contribution in [0.3, 0.4) is 0 Å². The molecule has 0 spiro atoms. The van der Waals surface area contributed by atoms with E-state index in [2.05, 4.69) is 5.32 Å². The highest BCUT2D eigenvalue weighted by Gasteiger charge is 2.10. The van der Waals surface area contributed by atoms with Gasteiger partial charge >= 0.3 is 6.03 Å². The molecule has 0 unspecified atom stereocenters. The van der Waals surface area contributed by atoms with Gasteiger partial charge < -0.3 is 11.1 Å². The molecule has 0 aliphatic carbocycles. The summed E-state index contributed by atoms with van der Waals surface area (Å²) in [5.74, 6) is 0. The number of carbonyl (C=O) groups excluding carboxylic acids is 1. The molecule has 76 valence electrons. The summed E-state index contributed by atoms with van der Waals surface area (Å²) in [6.45, 7) is 2.48. The van der Waals surface area contributed by atoms with Gasteiger partial charge in [-0.15, -0.1) is 0 Å². The van der Waals surface area contributed by atoms with Gasteiger partial charge in [-0.1, -0.05) is 12.1 Å². The molecule has 1 aromatic carbocycles. The number of benzene rings is 1. The molecule has 0 saturated heterocycles. The number of carbonyl (C=O) groups is 1. The Morgan fingerprint density at radius 1 is 1.50 bits per heavy atom. The van der Waals surface area contributed by atoms with Crippen molar-refractivity contribution in [2.24, 2.45) is 0 Å². The molecule has 0 bridgehead atoms. The quantitative estimate of drug-likeness (QED) is 0.698. The number of urea groups is 1. The van der Waals surface area contributed by atoms with Crippen LogP contribution in [0.25, 0.3) is 0 Å². The molecule has 2 amide bonds. The van der Waals surface area contributed by atoms with Crippen molar-refractivity contribution in [1.82, 2.24) is 5.32 Å². The Balaban J connectivity index is 2.84. The first-order valence-electron chi connectivity index (χ1n) is 4.53. The fourth-order valence-corrected chi connectivity index (χ4v) is 1.17. The van der Waals surface area contributed by atoms with Crippen molar-refractivity contribution in [2.75, 3.05) is 24.2 Å². The second-order valence-corrected chi connectivity index (χ2v) is 2.95. The minimum Gasteiger partial charge on any atom is -0.397 e. The Kier molecular flexibility index (Phi) is 3.34. The summed E-state index contributed by atoms with van der Waals surface area (Å²) in [6, 6.07) is 7.12. The first-order chi connectivity index (χ1) is 6.66. The molecule has 3 N–H and O–H groups in total. The summed E-state index contributed by atoms with van der Waals surface area (Å²) < 4.78 is 0. The highest BCUT2D eigenvalue weighted by molar-refractivity contribution is 5.94. The summed E-state index contributed by atoms with van der Waals surface area (Å²) in [6.07, 6.45) is 0. The molecular formula is C10H15N3O. The Hall–Kier alpha value is -1.71. The van der Waals surface area contributed by atoms with Gasteiger partial charge in [0.1, 0.15) is 0 Å². The number of nitrogen functional groups attached to an aromatic ring is 1. The Morgan fingerprint density at radius 3 is 2.71 bits per heavy atom. The van der Waals surface area contributed by atoms with Crippen molar-refractivity contribution in [3.05, 3.63) is 24.3 Å². The second-order valence-electron chi connectivity index (χ2n) is 2.95. The summed E-state index contributed by atoms with van der Waals surface area (Å²) in [4.78, 5) is 13.0. The summed E-state index contributed by atoms with van der Waals surface area (Å²) in [5.41, 5.74) is 7.05. The molecule has 0 aromatic heterocycles. The lowest BCUT2D eigenvalue weighted by molar-refractivity contribution is 0.248. The Labute approximate surface area is 83.7 Å². The molecule has 0 atom stereocenters. The van der Waals surface area contributed by atoms with E-state index in [0.717, 1.165) is 5.69 Å². The predicted octanol–water partition coefficient (Wildman–Crippen LogP) is 1.43. The zero-order valence-corrected chi connectivity index (χ0v) is 8.45. The van der Waals surface area contributed by atoms with Crippen LogP contribution in [-0.2, 0) is 0 Å². The topological polar surface area (TPSA) is 58.4 Å². The third-order valence-corrected chi connectivity index (χ3v) is 1.93. The van der Waals surface area contributed by atoms with Crippen LogP contribution in [0, 0.1) is 0 Å². The highest BCUT2D eigenvalue weighted by atomic mass is 16.2. The van der Waals surface area contributed by atoms with Crippen molar-refractivity contribution in [3.63, 3.8) is 0 Å². The van der Waals surface area contributed by atoms with E-state index in [1.807, 2.05) is 25.1 Å². The van der Waals surface area contributed by atoms with E-state index in [9.17, 15) is 4.79 Å². The number of para-hydroxylation sites is 2. The number of anilines is 2. The van der Waals surface area contributed by atoms with Crippen molar-refractivity contribution in [2.45, 2.75) is 6.92 Å². The minimum absolute atomic E-state index is 0.148. The molecule has 0 saturated carbocycles. The van der Waals surface area contributed by atoms with Crippen LogP contribution in [-0.4, -0.2) is 19.6 Å². The largest absolute Gasteiger partial charge is 0.397 e. The standard InChI is InChI=1S/C10H15N3O/c1-3-12-10(14)13(2)9-7-5-4-6-8(9)11/h4-7H,3,11H2,1-2H3,(H,12,14). The number of nitrogens with zero attached hydrogens (tertiary/aromatic N) is 1. The first kappa shape index (κ1) is 10.4. The lowest BCUT2D eigenvalue weighted by atomic mass is 10.2. The van der Waals surface area contributed by atoms with E-state index in [1.165, 1.54) is 4.90 Å². The number of rotatable bonds is 2. The average molecular weight is 193 g/mol. The van der Waals surface area contributed by atoms with E-state index < -0.39 is 0 Å². The summed E-state index contributed by atoms with van der Waals surface area (Å²) in [5, 5.41) is 2.70. The van der Waals surface area contributed by atoms with E-state index in [4.69, 9.17) is 5.73 Å². The molecule has 0 aliphatic heterocycles. The second kappa shape index (κ2) is 4.50. The fraction of sp³-hybridized carbons (Fsp3) is 0.300. The van der Waals surface area contributed by atoms with Crippen molar-refractivity contribution >= 4 is 17.4 Å². The zero-order chi connectivity index (χ0) is 10.6. The van der Waals surface area contributed by atoms with Gasteiger partial charge in [-0.25, -0.2) is 4.79 Å². The molecule has 4 nitrogen and oxygen atoms in total. The van der Waals surface area contributed by atoms with E-state index >= 15 is 0 Å². The maximum atomic E-state index is 11.5. The van der Waals surface area contributed by atoms with Gasteiger partial charge in [-0.3, -0.25) is 4.90 Å². The van der Waals surface area contributed by atoms with Gasteiger partial charge in [-0.05, 0) is 19.1 Å². The minimum atomic E-state index is -0.148. The molecule has 1 aromatic rings. The van der Waals surface area contributed by atoms with Gasteiger partial charge in [0.25, 0.3) is 0 Å². The van der Waals surface area contributed by atoms with Crippen molar-refractivity contribution in [1.29, 1.82) is 0 Å². The number of nitrogens with one attached hydrogen (secondary N) is 1. The van der Waals surface area contributed by atoms with E-state index in [1.54, 1.807) is 13.1 Å². The highest BCUT2D eigenvalue weighted by Crippen LogP contribution is 2.20. The number of nitrogens with two attached hydrogens (primary N) is 1. The fourth-order valence-electron chi connectivity index (χ4n) is 1.17. The van der Waals surface area contributed by atoms with E-state index in [-0.39, 0.29) is 6.03 Å². The maximum Gasteiger partial charge on any atom is 0.321 e. The Morgan fingerprint density at radius 2 is 2.14 bits per heavy atom. The van der Waals surface area contributed by atoms with Crippen LogP contribution in [0.5, 0.6) is 0 Å². The molecule has 0 radical (unpaired) electrons. The van der Waals surface area contributed by atoms with Gasteiger partial charge in [0, 0.05) is 13.6 Å². The van der Waals surface area contributed by atoms with Crippen LogP contribution in [0.15, 0.2) is 24.3 Å². The predicted molar refractivity (Wildman–Crippen MR) is 58.3 cm³/mol. The molecule has 4 heteroatoms. The van der Waals surface area contributed by atoms with E-state index in [0.29, 0.717) is 12.2 Å². The molecule has 0 heterocycles. The van der Waals surface area contributed by atoms with Gasteiger partial charge in [0.15, 0.2) is 0 Å². The number of hydrogen-bond acceptors (Lipinski definition) is 2. The zero-order valence-electron chi connectivity index (χ0n) is 8.45. The smallest absolute Gasteiger partial charge is 0.321 e. The molecule has 14 heavy (non-hydrogen) atoms. The summed E-state index contributed by atoms with van der Waals surface area (Å²) in [7, 11) is 1.69. The van der Waals surface area contributed by atoms with Crippen LogP contribution in [0.2, 0.25) is 0 Å². The SMILES string of the molecule is CCNC(=O)N(C)c1ccccc1N. The number of amides is 2. The molecule has 1 rings (SSSR count). The molecular weight excluding hydrogens is 178 g/mol. The first-order valence-corrected chi connectivity index (χ1v) is 4.53. The van der Waals surface area contributed by atoms with Crippen molar-refractivity contribution in [3.8, 4) is 0 Å². The van der Waals surface area contributed by atoms with Crippen LogP contribution in [0.4, 0.5) is 16.2 Å². The normalized spacial score (nSPS) is 9.57. The Bertz CT molecular complexity index is 325. The van der Waals surface area contributed by atoms with Gasteiger partial charge in [0.2, 0.25) is 0 Å². The van der Waals surface area contributed by atoms with Crippen LogP contribution >= 0.6 is 0 Å². The summed E-state index contributed by atoms with van der Waals surface area (Å²) >= 11 is 0. The lowest BCUT2D eigenvalue weighted by Gasteiger charge is -2.18. The average Bonchev–Trinajstić information content (AvgIpc) is 2.18. The third-order valence-electron chi connectivity index (χ3n) is 1.93. The lowest BCUT2D eigenvalue weighted by Crippen LogP contribution is -2.37. The van der Waals surface area contributed by atoms with Crippen molar-refractivity contribution < 1.29 is 4.79 Å². The maximum absolute atomic E-state index is 11.5. The molecule has 0 aliphatic rings. The third kappa shape index (κ3) is 2.16. The van der Waals surface area contributed by atoms with Gasteiger partial charge in [0.05, 0.1) is 11.4 Å². The van der Waals surface area contributed by atoms with Crippen LogP contribution in [0.1, 0.15) is 6.92 Å². The monoisotopic (exact) mass is 193 g/mol. The number of hydrogen-bond donors (Lipinski definition) is 2. The van der Waals surface area contributed by atoms with Crippen LogP contribution < -0.4 is 16.0 Å². The molecule has 0 fully saturated rings.